The number of hydrogen-bond acceptors (Lipinski definition) is 5. The van der Waals surface area contributed by atoms with E-state index in [0.29, 0.717) is 48.2 Å². The van der Waals surface area contributed by atoms with Gasteiger partial charge in [-0.1, -0.05) is 48.5 Å². The number of carbonyl (C=O) groups excluding carboxylic acids is 1. The molecule has 1 radical (unpaired) electrons. The van der Waals surface area contributed by atoms with Gasteiger partial charge in [-0.25, -0.2) is 4.79 Å². The lowest BCUT2D eigenvalue weighted by Gasteiger charge is -2.29. The molecule has 5 nitrogen and oxygen atoms in total. The van der Waals surface area contributed by atoms with Crippen LogP contribution in [0.3, 0.4) is 0 Å². The summed E-state index contributed by atoms with van der Waals surface area (Å²) in [5.74, 6) is -0.684. The first-order valence-corrected chi connectivity index (χ1v) is 15.4. The quantitative estimate of drug-likeness (QED) is 0.0435. The Morgan fingerprint density at radius 1 is 0.708 bits per heavy atom. The topological polar surface area (TPSA) is 87.6 Å². The van der Waals surface area contributed by atoms with E-state index in [4.69, 9.17) is 20.9 Å². The molecular formula is C38H38F5N2O3. The molecule has 0 saturated heterocycles. The molecule has 0 aliphatic heterocycles. The van der Waals surface area contributed by atoms with E-state index in [1.54, 1.807) is 24.3 Å². The van der Waals surface area contributed by atoms with Crippen molar-refractivity contribution < 1.29 is 36.2 Å². The van der Waals surface area contributed by atoms with Crippen molar-refractivity contribution in [1.82, 2.24) is 0 Å². The van der Waals surface area contributed by atoms with Crippen molar-refractivity contribution >= 4 is 23.4 Å². The van der Waals surface area contributed by atoms with Gasteiger partial charge in [-0.3, -0.25) is 0 Å². The fourth-order valence-electron chi connectivity index (χ4n) is 5.11. The normalized spacial score (nSPS) is 12.3. The summed E-state index contributed by atoms with van der Waals surface area (Å²) in [7, 11) is 0. The zero-order valence-electron chi connectivity index (χ0n) is 26.3. The lowest BCUT2D eigenvalue weighted by atomic mass is 9.79. The summed E-state index contributed by atoms with van der Waals surface area (Å²) in [4.78, 5) is 12.7. The van der Waals surface area contributed by atoms with Gasteiger partial charge in [0.25, 0.3) is 0 Å². The van der Waals surface area contributed by atoms with Crippen molar-refractivity contribution in [2.75, 3.05) is 18.1 Å². The summed E-state index contributed by atoms with van der Waals surface area (Å²) in [5, 5.41) is 0. The number of alkyl halides is 5. The second-order valence-corrected chi connectivity index (χ2v) is 12.0. The number of unbranched alkanes of at least 4 members (excludes halogenated alkanes) is 1. The maximum atomic E-state index is 14.8. The number of benzene rings is 4. The Morgan fingerprint density at radius 2 is 1.23 bits per heavy atom. The van der Waals surface area contributed by atoms with Gasteiger partial charge in [-0.2, -0.15) is 22.0 Å². The van der Waals surface area contributed by atoms with Gasteiger partial charge in [0.05, 0.1) is 12.2 Å². The number of halogens is 5. The number of nitrogens with two attached hydrogens (primary N) is 2. The van der Waals surface area contributed by atoms with E-state index in [2.05, 4.69) is 6.92 Å². The van der Waals surface area contributed by atoms with Gasteiger partial charge in [-0.15, -0.1) is 0 Å². The highest BCUT2D eigenvalue weighted by atomic mass is 19.4. The molecule has 0 aromatic heterocycles. The number of aryl methyl sites for hydroxylation is 1. The smallest absolute Gasteiger partial charge is 0.426 e. The maximum absolute atomic E-state index is 14.8. The molecule has 0 aliphatic rings. The molecule has 4 N–H and O–H groups in total. The van der Waals surface area contributed by atoms with Crippen LogP contribution >= 0.6 is 0 Å². The molecule has 0 amide bonds. The van der Waals surface area contributed by atoms with Crippen molar-refractivity contribution in [1.29, 1.82) is 0 Å². The van der Waals surface area contributed by atoms with E-state index in [1.807, 2.05) is 24.3 Å². The Hall–Kier alpha value is -4.86. The highest BCUT2D eigenvalue weighted by Crippen LogP contribution is 2.33. The predicted molar refractivity (Wildman–Crippen MR) is 178 cm³/mol. The van der Waals surface area contributed by atoms with E-state index < -0.39 is 30.1 Å². The van der Waals surface area contributed by atoms with Gasteiger partial charge in [-0.05, 0) is 116 Å². The van der Waals surface area contributed by atoms with Crippen molar-refractivity contribution in [3.8, 4) is 5.75 Å². The third-order valence-corrected chi connectivity index (χ3v) is 7.64. The van der Waals surface area contributed by atoms with Crippen LogP contribution in [0.15, 0.2) is 103 Å². The monoisotopic (exact) mass is 665 g/mol. The molecule has 0 unspecified atom stereocenters. The molecule has 10 heteroatoms. The van der Waals surface area contributed by atoms with E-state index in [-0.39, 0.29) is 24.3 Å². The van der Waals surface area contributed by atoms with E-state index >= 15 is 0 Å². The molecule has 0 bridgehead atoms. The lowest BCUT2D eigenvalue weighted by molar-refractivity contribution is -0.185. The zero-order chi connectivity index (χ0) is 34.8. The molecule has 4 aromatic rings. The maximum Gasteiger partial charge on any atom is 0.426 e. The van der Waals surface area contributed by atoms with Crippen LogP contribution in [0.5, 0.6) is 5.75 Å². The third kappa shape index (κ3) is 11.7. The number of hydrogen-bond donors (Lipinski definition) is 2. The molecule has 4 rings (SSSR count). The van der Waals surface area contributed by atoms with Gasteiger partial charge < -0.3 is 20.9 Å². The standard InChI is InChI=1S/C38H38F5N2O3/c1-36(24-29-7-16-32(44)17-8-29,25-30-9-18-33(45)19-10-30)26-47-35(46)22-13-28-11-20-34(21-12-28)48-38(42,43)31-14-5-27(6-15-31)4-2-3-23-37(39,40)41/h5-22H,1-4,23-26,44-45H2/b22-13+. The zero-order valence-corrected chi connectivity index (χ0v) is 26.3. The van der Waals surface area contributed by atoms with Gasteiger partial charge in [0, 0.05) is 29.3 Å². The van der Waals surface area contributed by atoms with Crippen LogP contribution in [0.25, 0.3) is 6.08 Å². The third-order valence-electron chi connectivity index (χ3n) is 7.64. The summed E-state index contributed by atoms with van der Waals surface area (Å²) in [5.41, 5.74) is 15.1. The number of anilines is 2. The molecule has 0 atom stereocenters. The van der Waals surface area contributed by atoms with Crippen LogP contribution in [-0.2, 0) is 34.9 Å². The second-order valence-electron chi connectivity index (χ2n) is 12.0. The Morgan fingerprint density at radius 3 is 1.75 bits per heavy atom. The minimum absolute atomic E-state index is 0.0234. The van der Waals surface area contributed by atoms with Crippen LogP contribution in [0.4, 0.5) is 33.3 Å². The number of nitrogen functional groups attached to an aromatic ring is 2. The van der Waals surface area contributed by atoms with E-state index in [1.165, 1.54) is 60.7 Å². The van der Waals surface area contributed by atoms with Gasteiger partial charge in [0.15, 0.2) is 0 Å². The Kier molecular flexibility index (Phi) is 11.9. The van der Waals surface area contributed by atoms with Gasteiger partial charge >= 0.3 is 18.3 Å². The molecule has 0 spiro atoms. The predicted octanol–water partition coefficient (Wildman–Crippen LogP) is 9.12. The minimum Gasteiger partial charge on any atom is -0.462 e. The first-order valence-electron chi connectivity index (χ1n) is 15.4. The first-order chi connectivity index (χ1) is 22.7. The summed E-state index contributed by atoms with van der Waals surface area (Å²) in [6, 6.07) is 25.9. The number of ether oxygens (including phenoxy) is 2. The fraction of sp³-hybridized carbons (Fsp3) is 0.263. The first kappa shape index (κ1) is 36.0. The van der Waals surface area contributed by atoms with Crippen molar-refractivity contribution in [3.05, 3.63) is 138 Å². The van der Waals surface area contributed by atoms with E-state index in [9.17, 15) is 26.7 Å². The Labute approximate surface area is 277 Å². The molecule has 0 fully saturated rings. The highest BCUT2D eigenvalue weighted by Gasteiger charge is 2.34. The second kappa shape index (κ2) is 15.8. The fourth-order valence-corrected chi connectivity index (χ4v) is 5.11. The van der Waals surface area contributed by atoms with Crippen molar-refractivity contribution in [3.63, 3.8) is 0 Å². The Balaban J connectivity index is 1.31. The van der Waals surface area contributed by atoms with Crippen molar-refractivity contribution in [2.24, 2.45) is 5.41 Å². The summed E-state index contributed by atoms with van der Waals surface area (Å²) >= 11 is 0. The van der Waals surface area contributed by atoms with Gasteiger partial charge in [0.2, 0.25) is 0 Å². The summed E-state index contributed by atoms with van der Waals surface area (Å²) < 4.78 is 77.1. The summed E-state index contributed by atoms with van der Waals surface area (Å²) in [6.07, 6.45) is -4.28. The molecule has 0 saturated carbocycles. The molecule has 0 aliphatic carbocycles. The molecule has 48 heavy (non-hydrogen) atoms. The molecule has 4 aromatic carbocycles. The lowest BCUT2D eigenvalue weighted by Crippen LogP contribution is -2.30. The van der Waals surface area contributed by atoms with Crippen molar-refractivity contribution in [2.45, 2.75) is 50.8 Å². The molecule has 253 valence electrons. The summed E-state index contributed by atoms with van der Waals surface area (Å²) in [6.45, 7) is 4.44. The average Bonchev–Trinajstić information content (AvgIpc) is 3.04. The van der Waals surface area contributed by atoms with E-state index in [0.717, 1.165) is 11.1 Å². The number of carbonyl (C=O) groups is 1. The van der Waals surface area contributed by atoms with Crippen LogP contribution in [0.2, 0.25) is 0 Å². The van der Waals surface area contributed by atoms with Crippen LogP contribution in [0, 0.1) is 12.3 Å². The SMILES string of the molecule is [CH2]C(COC(=O)/C=C/c1ccc(OC(F)(F)c2ccc(CCCCC(F)(F)F)cc2)cc1)(Cc1ccc(N)cc1)Cc1ccc(N)cc1. The largest absolute Gasteiger partial charge is 0.462 e. The Bertz CT molecular complexity index is 1590. The number of esters is 1. The van der Waals surface area contributed by atoms with Gasteiger partial charge in [0.1, 0.15) is 5.75 Å². The number of rotatable bonds is 15. The average molecular weight is 666 g/mol. The van der Waals surface area contributed by atoms with Crippen LogP contribution in [0.1, 0.15) is 47.1 Å². The minimum atomic E-state index is -4.21. The highest BCUT2D eigenvalue weighted by molar-refractivity contribution is 5.87. The molecular weight excluding hydrogens is 627 g/mol. The van der Waals surface area contributed by atoms with Crippen LogP contribution < -0.4 is 16.2 Å². The van der Waals surface area contributed by atoms with Crippen LogP contribution in [-0.4, -0.2) is 18.8 Å². The molecule has 0 heterocycles.